The lowest BCUT2D eigenvalue weighted by Gasteiger charge is -2.08. The van der Waals surface area contributed by atoms with Gasteiger partial charge in [-0.05, 0) is 24.6 Å². The number of aryl methyl sites for hydroxylation is 1. The molecule has 0 bridgehead atoms. The molecule has 2 heterocycles. The van der Waals surface area contributed by atoms with Crippen LogP contribution in [0.15, 0.2) is 65.8 Å². The van der Waals surface area contributed by atoms with Crippen molar-refractivity contribution < 1.29 is 8.42 Å². The number of fused-ring (bicyclic) bond motifs is 1. The Hall–Kier alpha value is -3.13. The third-order valence-electron chi connectivity index (χ3n) is 4.16. The van der Waals surface area contributed by atoms with Gasteiger partial charge in [0.25, 0.3) is 10.0 Å². The normalized spacial score (nSPS) is 11.7. The van der Waals surface area contributed by atoms with Crippen LogP contribution in [0.25, 0.3) is 10.9 Å². The molecule has 4 rings (SSSR count). The number of anilines is 1. The zero-order valence-electron chi connectivity index (χ0n) is 14.0. The van der Waals surface area contributed by atoms with Gasteiger partial charge in [0.2, 0.25) is 0 Å². The predicted molar refractivity (Wildman–Crippen MR) is 99.4 cm³/mol. The predicted octanol–water partition coefficient (Wildman–Crippen LogP) is 2.92. The Bertz CT molecular complexity index is 1150. The zero-order chi connectivity index (χ0) is 18.1. The molecule has 2 aromatic heterocycles. The molecule has 0 amide bonds. The molecule has 0 unspecified atom stereocenters. The summed E-state index contributed by atoms with van der Waals surface area (Å²) in [6.45, 7) is 2.49. The third kappa shape index (κ3) is 2.95. The molecule has 0 spiro atoms. The fourth-order valence-corrected chi connectivity index (χ4v) is 3.95. The molecule has 26 heavy (non-hydrogen) atoms. The van der Waals surface area contributed by atoms with Gasteiger partial charge in [-0.2, -0.15) is 10.2 Å². The Morgan fingerprint density at radius 2 is 1.92 bits per heavy atom. The summed E-state index contributed by atoms with van der Waals surface area (Å²) in [4.78, 5) is 0.0869. The van der Waals surface area contributed by atoms with E-state index in [1.165, 1.54) is 12.4 Å². The highest BCUT2D eigenvalue weighted by atomic mass is 32.2. The summed E-state index contributed by atoms with van der Waals surface area (Å²) in [5, 5.41) is 11.6. The highest BCUT2D eigenvalue weighted by molar-refractivity contribution is 7.92. The minimum Gasteiger partial charge on any atom is -0.284 e. The van der Waals surface area contributed by atoms with Gasteiger partial charge in [0, 0.05) is 11.6 Å². The van der Waals surface area contributed by atoms with E-state index in [1.54, 1.807) is 6.07 Å². The molecule has 132 valence electrons. The SMILES string of the molecule is Cc1nn(Cc2ccccc2)c2cccc(NS(=O)(=O)c3cn[nH]c3)c12. The zero-order valence-corrected chi connectivity index (χ0v) is 14.9. The molecule has 0 saturated carbocycles. The first-order chi connectivity index (χ1) is 12.5. The molecule has 7 nitrogen and oxygen atoms in total. The Labute approximate surface area is 150 Å². The van der Waals surface area contributed by atoms with Gasteiger partial charge >= 0.3 is 0 Å². The van der Waals surface area contributed by atoms with Gasteiger partial charge in [-0.3, -0.25) is 14.5 Å². The van der Waals surface area contributed by atoms with Gasteiger partial charge in [-0.1, -0.05) is 36.4 Å². The smallest absolute Gasteiger partial charge is 0.265 e. The number of H-pyrrole nitrogens is 1. The highest BCUT2D eigenvalue weighted by Gasteiger charge is 2.19. The Morgan fingerprint density at radius 1 is 1.12 bits per heavy atom. The third-order valence-corrected chi connectivity index (χ3v) is 5.49. The van der Waals surface area contributed by atoms with Crippen LogP contribution in [0.5, 0.6) is 0 Å². The van der Waals surface area contributed by atoms with Gasteiger partial charge in [-0.25, -0.2) is 8.42 Å². The summed E-state index contributed by atoms with van der Waals surface area (Å²) >= 11 is 0. The van der Waals surface area contributed by atoms with Crippen molar-refractivity contribution in [3.05, 3.63) is 72.2 Å². The van der Waals surface area contributed by atoms with Crippen molar-refractivity contribution >= 4 is 26.6 Å². The van der Waals surface area contributed by atoms with Crippen LogP contribution >= 0.6 is 0 Å². The van der Waals surface area contributed by atoms with Crippen molar-refractivity contribution in [1.82, 2.24) is 20.0 Å². The summed E-state index contributed by atoms with van der Waals surface area (Å²) in [5.74, 6) is 0. The number of aromatic nitrogens is 4. The number of rotatable bonds is 5. The Morgan fingerprint density at radius 3 is 2.65 bits per heavy atom. The number of benzene rings is 2. The van der Waals surface area contributed by atoms with Gasteiger partial charge < -0.3 is 0 Å². The Balaban J connectivity index is 1.76. The molecule has 0 aliphatic heterocycles. The van der Waals surface area contributed by atoms with Gasteiger partial charge in [0.15, 0.2) is 0 Å². The summed E-state index contributed by atoms with van der Waals surface area (Å²) < 4.78 is 29.6. The van der Waals surface area contributed by atoms with Gasteiger partial charge in [0.1, 0.15) is 4.90 Å². The number of hydrogen-bond donors (Lipinski definition) is 2. The van der Waals surface area contributed by atoms with Crippen LogP contribution in [-0.4, -0.2) is 28.4 Å². The fraction of sp³-hybridized carbons (Fsp3) is 0.111. The molecule has 2 N–H and O–H groups in total. The molecule has 8 heteroatoms. The van der Waals surface area contributed by atoms with Crippen LogP contribution in [0.1, 0.15) is 11.3 Å². The largest absolute Gasteiger partial charge is 0.284 e. The number of sulfonamides is 1. The standard InChI is InChI=1S/C18H17N5O2S/c1-13-18-16(22-26(24,25)15-10-19-20-11-15)8-5-9-17(18)23(21-13)12-14-6-3-2-4-7-14/h2-11,22H,12H2,1H3,(H,19,20). The first kappa shape index (κ1) is 16.3. The Kier molecular flexibility index (Phi) is 3.96. The van der Waals surface area contributed by atoms with E-state index in [0.717, 1.165) is 22.2 Å². The maximum Gasteiger partial charge on any atom is 0.265 e. The van der Waals surface area contributed by atoms with Gasteiger partial charge in [0.05, 0.1) is 29.6 Å². The van der Waals surface area contributed by atoms with E-state index in [-0.39, 0.29) is 4.90 Å². The topological polar surface area (TPSA) is 92.7 Å². The van der Waals surface area contributed by atoms with Crippen molar-refractivity contribution in [2.45, 2.75) is 18.4 Å². The van der Waals surface area contributed by atoms with E-state index in [1.807, 2.05) is 54.1 Å². The fourth-order valence-electron chi connectivity index (χ4n) is 2.97. The second-order valence-corrected chi connectivity index (χ2v) is 7.65. The maximum atomic E-state index is 12.5. The molecule has 4 aromatic rings. The molecule has 0 aliphatic rings. The first-order valence-electron chi connectivity index (χ1n) is 8.06. The average Bonchev–Trinajstić information content (AvgIpc) is 3.26. The van der Waals surface area contributed by atoms with Crippen LogP contribution in [0.4, 0.5) is 5.69 Å². The molecular weight excluding hydrogens is 350 g/mol. The summed E-state index contributed by atoms with van der Waals surface area (Å²) in [7, 11) is -3.71. The van der Waals surface area contributed by atoms with Crippen molar-refractivity contribution in [3.63, 3.8) is 0 Å². The molecule has 0 aliphatic carbocycles. The van der Waals surface area contributed by atoms with Crippen molar-refractivity contribution in [2.24, 2.45) is 0 Å². The van der Waals surface area contributed by atoms with Crippen LogP contribution in [0.3, 0.4) is 0 Å². The molecule has 2 aromatic carbocycles. The van der Waals surface area contributed by atoms with E-state index >= 15 is 0 Å². The molecule has 0 saturated heterocycles. The summed E-state index contributed by atoms with van der Waals surface area (Å²) in [6, 6.07) is 15.5. The number of aromatic amines is 1. The van der Waals surface area contributed by atoms with E-state index in [0.29, 0.717) is 12.2 Å². The molecule has 0 fully saturated rings. The first-order valence-corrected chi connectivity index (χ1v) is 9.54. The molecular formula is C18H17N5O2S. The lowest BCUT2D eigenvalue weighted by molar-refractivity contribution is 0.601. The molecule has 0 radical (unpaired) electrons. The number of nitrogens with one attached hydrogen (secondary N) is 2. The lowest BCUT2D eigenvalue weighted by atomic mass is 10.2. The minimum absolute atomic E-state index is 0.0869. The van der Waals surface area contributed by atoms with Crippen LogP contribution < -0.4 is 4.72 Å². The number of nitrogens with zero attached hydrogens (tertiary/aromatic N) is 3. The minimum atomic E-state index is -3.71. The second-order valence-electron chi connectivity index (χ2n) is 5.97. The average molecular weight is 367 g/mol. The van der Waals surface area contributed by atoms with Crippen molar-refractivity contribution in [1.29, 1.82) is 0 Å². The summed E-state index contributed by atoms with van der Waals surface area (Å²) in [6.07, 6.45) is 2.61. The van der Waals surface area contributed by atoms with E-state index in [9.17, 15) is 8.42 Å². The van der Waals surface area contributed by atoms with Gasteiger partial charge in [-0.15, -0.1) is 0 Å². The van der Waals surface area contributed by atoms with Crippen LogP contribution in [0.2, 0.25) is 0 Å². The van der Waals surface area contributed by atoms with Crippen molar-refractivity contribution in [3.8, 4) is 0 Å². The van der Waals surface area contributed by atoms with E-state index < -0.39 is 10.0 Å². The highest BCUT2D eigenvalue weighted by Crippen LogP contribution is 2.29. The number of hydrogen-bond acceptors (Lipinski definition) is 4. The second kappa shape index (κ2) is 6.30. The quantitative estimate of drug-likeness (QED) is 0.567. The lowest BCUT2D eigenvalue weighted by Crippen LogP contribution is -2.12. The monoisotopic (exact) mass is 367 g/mol. The van der Waals surface area contributed by atoms with E-state index in [2.05, 4.69) is 20.0 Å². The van der Waals surface area contributed by atoms with E-state index in [4.69, 9.17) is 0 Å². The summed E-state index contributed by atoms with van der Waals surface area (Å²) in [5.41, 5.74) is 3.27. The van der Waals surface area contributed by atoms with Crippen LogP contribution in [0, 0.1) is 6.92 Å². The molecule has 0 atom stereocenters. The van der Waals surface area contributed by atoms with Crippen LogP contribution in [-0.2, 0) is 16.6 Å². The van der Waals surface area contributed by atoms with Crippen molar-refractivity contribution in [2.75, 3.05) is 4.72 Å². The maximum absolute atomic E-state index is 12.5.